The lowest BCUT2D eigenvalue weighted by Crippen LogP contribution is -2.54. The molecule has 0 amide bonds. The van der Waals surface area contributed by atoms with E-state index in [1.54, 1.807) is 42.5 Å². The highest BCUT2D eigenvalue weighted by Crippen LogP contribution is 2.35. The van der Waals surface area contributed by atoms with Gasteiger partial charge in [-0.25, -0.2) is 4.79 Å². The summed E-state index contributed by atoms with van der Waals surface area (Å²) in [6.07, 6.45) is 5.06. The molecule has 10 nitrogen and oxygen atoms in total. The van der Waals surface area contributed by atoms with Crippen LogP contribution in [-0.4, -0.2) is 73.1 Å². The Balaban J connectivity index is 1.39. The maximum atomic E-state index is 13.6. The summed E-state index contributed by atoms with van der Waals surface area (Å²) >= 11 is 0. The number of ether oxygens (including phenoxy) is 2. The number of esters is 1. The summed E-state index contributed by atoms with van der Waals surface area (Å²) in [7, 11) is 1.20. The van der Waals surface area contributed by atoms with Crippen molar-refractivity contribution in [2.75, 3.05) is 38.3 Å². The summed E-state index contributed by atoms with van der Waals surface area (Å²) in [6, 6.07) is 24.0. The molecule has 242 valence electrons. The summed E-state index contributed by atoms with van der Waals surface area (Å²) in [4.78, 5) is 60.6. The molecule has 0 spiro atoms. The standard InChI is InChI=1S/C37H37N3O7/c1-37(2,39-21-23-46-24-22-39)35(43)27-15-19-31(20-16-27)40(29-11-5-4-6-12-29)30-17-13-26(14-18-30)34(42)32(25-33(41)45-3)38-47-36(44)28-9-7-8-10-28/h4-9,11-20H,10,21-25H2,1-3H3/b38-32+. The number of allylic oxidation sites excluding steroid dienone is 3. The number of ketones is 2. The molecular weight excluding hydrogens is 598 g/mol. The minimum absolute atomic E-state index is 0.0341. The van der Waals surface area contributed by atoms with Crippen LogP contribution in [0.3, 0.4) is 0 Å². The number of hydrogen-bond donors (Lipinski definition) is 0. The molecule has 0 bridgehead atoms. The van der Waals surface area contributed by atoms with Gasteiger partial charge in [-0.3, -0.25) is 19.3 Å². The first-order valence-corrected chi connectivity index (χ1v) is 15.4. The topological polar surface area (TPSA) is 115 Å². The zero-order valence-electron chi connectivity index (χ0n) is 26.7. The largest absolute Gasteiger partial charge is 0.469 e. The molecule has 0 aromatic heterocycles. The lowest BCUT2D eigenvalue weighted by molar-refractivity contribution is -0.141. The van der Waals surface area contributed by atoms with Gasteiger partial charge in [0.15, 0.2) is 5.78 Å². The van der Waals surface area contributed by atoms with E-state index in [1.165, 1.54) is 7.11 Å². The Bertz CT molecular complexity index is 1700. The first kappa shape index (κ1) is 33.2. The molecule has 0 atom stereocenters. The molecule has 1 saturated heterocycles. The molecule has 0 unspecified atom stereocenters. The van der Waals surface area contributed by atoms with Crippen LogP contribution in [0.2, 0.25) is 0 Å². The fourth-order valence-corrected chi connectivity index (χ4v) is 5.45. The van der Waals surface area contributed by atoms with Gasteiger partial charge in [-0.1, -0.05) is 41.6 Å². The van der Waals surface area contributed by atoms with E-state index < -0.39 is 29.7 Å². The van der Waals surface area contributed by atoms with E-state index >= 15 is 0 Å². The van der Waals surface area contributed by atoms with Gasteiger partial charge in [0.1, 0.15) is 5.71 Å². The summed E-state index contributed by atoms with van der Waals surface area (Å²) in [5.41, 5.74) is 2.74. The maximum absolute atomic E-state index is 13.6. The van der Waals surface area contributed by atoms with Crippen LogP contribution >= 0.6 is 0 Å². The lowest BCUT2D eigenvalue weighted by atomic mass is 9.90. The van der Waals surface area contributed by atoms with Crippen molar-refractivity contribution in [2.24, 2.45) is 5.16 Å². The summed E-state index contributed by atoms with van der Waals surface area (Å²) in [5, 5.41) is 3.76. The van der Waals surface area contributed by atoms with Crippen LogP contribution in [-0.2, 0) is 23.9 Å². The summed E-state index contributed by atoms with van der Waals surface area (Å²) in [5.74, 6) is -1.94. The number of rotatable bonds is 12. The van der Waals surface area contributed by atoms with Crippen molar-refractivity contribution in [3.63, 3.8) is 0 Å². The highest BCUT2D eigenvalue weighted by Gasteiger charge is 2.36. The van der Waals surface area contributed by atoms with Gasteiger partial charge in [0.2, 0.25) is 5.78 Å². The van der Waals surface area contributed by atoms with Gasteiger partial charge in [0, 0.05) is 46.9 Å². The SMILES string of the molecule is COC(=O)C/C(=N\OC(=O)C1=CC=CC1)C(=O)c1ccc(N(c2ccccc2)c2ccc(C(=O)C(C)(C)N3CCOCC3)cc2)cc1. The zero-order valence-corrected chi connectivity index (χ0v) is 26.7. The molecule has 0 N–H and O–H groups in total. The van der Waals surface area contributed by atoms with Crippen molar-refractivity contribution < 1.29 is 33.5 Å². The Labute approximate surface area is 273 Å². The number of morpholine rings is 1. The highest BCUT2D eigenvalue weighted by atomic mass is 16.7. The fourth-order valence-electron chi connectivity index (χ4n) is 5.45. The number of oxime groups is 1. The van der Waals surface area contributed by atoms with Crippen LogP contribution < -0.4 is 4.90 Å². The first-order chi connectivity index (χ1) is 22.7. The number of carbonyl (C=O) groups excluding carboxylic acids is 4. The fraction of sp³-hybridized carbons (Fsp3) is 0.270. The van der Waals surface area contributed by atoms with E-state index in [-0.39, 0.29) is 17.1 Å². The molecule has 10 heteroatoms. The number of para-hydroxylation sites is 1. The molecule has 1 heterocycles. The minimum atomic E-state index is -0.698. The molecule has 1 aliphatic carbocycles. The molecule has 1 aliphatic heterocycles. The van der Waals surface area contributed by atoms with E-state index in [4.69, 9.17) is 14.3 Å². The van der Waals surface area contributed by atoms with Crippen LogP contribution in [0, 0.1) is 0 Å². The third-order valence-electron chi connectivity index (χ3n) is 8.22. The Hall–Kier alpha value is -5.19. The average molecular weight is 636 g/mol. The normalized spacial score (nSPS) is 15.1. The number of carbonyl (C=O) groups is 4. The van der Waals surface area contributed by atoms with Gasteiger partial charge in [-0.15, -0.1) is 0 Å². The third kappa shape index (κ3) is 7.79. The van der Waals surface area contributed by atoms with E-state index in [0.29, 0.717) is 43.9 Å². The number of Topliss-reactive ketones (excluding diaryl/α,β-unsaturated/α-hetero) is 2. The minimum Gasteiger partial charge on any atom is -0.469 e. The molecular formula is C37H37N3O7. The van der Waals surface area contributed by atoms with Gasteiger partial charge in [0.05, 0.1) is 32.3 Å². The maximum Gasteiger partial charge on any atom is 0.362 e. The van der Waals surface area contributed by atoms with Crippen LogP contribution in [0.15, 0.2) is 108 Å². The zero-order chi connectivity index (χ0) is 33.4. The van der Waals surface area contributed by atoms with Gasteiger partial charge in [-0.2, -0.15) is 0 Å². The molecule has 5 rings (SSSR count). The van der Waals surface area contributed by atoms with E-state index in [0.717, 1.165) is 17.1 Å². The van der Waals surface area contributed by atoms with Crippen molar-refractivity contribution >= 4 is 46.3 Å². The van der Waals surface area contributed by atoms with Crippen molar-refractivity contribution in [3.8, 4) is 0 Å². The highest BCUT2D eigenvalue weighted by molar-refractivity contribution is 6.48. The second kappa shape index (κ2) is 14.9. The number of nitrogens with zero attached hydrogens (tertiary/aromatic N) is 3. The molecule has 1 fully saturated rings. The number of anilines is 3. The van der Waals surface area contributed by atoms with Crippen molar-refractivity contribution in [1.29, 1.82) is 0 Å². The molecule has 0 radical (unpaired) electrons. The Kier molecular flexibility index (Phi) is 10.5. The lowest BCUT2D eigenvalue weighted by Gasteiger charge is -2.39. The van der Waals surface area contributed by atoms with Crippen molar-refractivity contribution in [2.45, 2.75) is 32.2 Å². The smallest absolute Gasteiger partial charge is 0.362 e. The Morgan fingerprint density at radius 2 is 1.45 bits per heavy atom. The monoisotopic (exact) mass is 635 g/mol. The van der Waals surface area contributed by atoms with Crippen molar-refractivity contribution in [3.05, 3.63) is 114 Å². The van der Waals surface area contributed by atoms with Gasteiger partial charge < -0.3 is 19.2 Å². The number of benzene rings is 3. The Morgan fingerprint density at radius 1 is 0.851 bits per heavy atom. The van der Waals surface area contributed by atoms with Crippen molar-refractivity contribution in [1.82, 2.24) is 4.90 Å². The molecule has 47 heavy (non-hydrogen) atoms. The summed E-state index contributed by atoms with van der Waals surface area (Å²) in [6.45, 7) is 6.51. The molecule has 3 aromatic carbocycles. The predicted molar refractivity (Wildman–Crippen MR) is 178 cm³/mol. The average Bonchev–Trinajstić information content (AvgIpc) is 3.66. The second-order valence-electron chi connectivity index (χ2n) is 11.6. The van der Waals surface area contributed by atoms with Crippen LogP contribution in [0.5, 0.6) is 0 Å². The van der Waals surface area contributed by atoms with Gasteiger partial charge >= 0.3 is 11.9 Å². The second-order valence-corrected chi connectivity index (χ2v) is 11.6. The number of hydrogen-bond acceptors (Lipinski definition) is 10. The predicted octanol–water partition coefficient (Wildman–Crippen LogP) is 5.98. The first-order valence-electron chi connectivity index (χ1n) is 15.4. The van der Waals surface area contributed by atoms with E-state index in [9.17, 15) is 19.2 Å². The third-order valence-corrected chi connectivity index (χ3v) is 8.22. The quantitative estimate of drug-likeness (QED) is 0.0779. The van der Waals surface area contributed by atoms with Crippen LogP contribution in [0.25, 0.3) is 0 Å². The molecule has 2 aliphatic rings. The Morgan fingerprint density at radius 3 is 2.02 bits per heavy atom. The molecule has 0 saturated carbocycles. The molecule has 3 aromatic rings. The van der Waals surface area contributed by atoms with Gasteiger partial charge in [0.25, 0.3) is 0 Å². The summed E-state index contributed by atoms with van der Waals surface area (Å²) < 4.78 is 10.2. The number of methoxy groups -OCH3 is 1. The van der Waals surface area contributed by atoms with E-state index in [1.807, 2.05) is 73.3 Å². The van der Waals surface area contributed by atoms with Gasteiger partial charge in [-0.05, 0) is 80.9 Å². The van der Waals surface area contributed by atoms with E-state index in [2.05, 4.69) is 10.1 Å². The van der Waals surface area contributed by atoms with Crippen LogP contribution in [0.4, 0.5) is 17.1 Å². The van der Waals surface area contributed by atoms with Crippen LogP contribution in [0.1, 0.15) is 47.4 Å².